The molecule has 0 aliphatic rings. The van der Waals surface area contributed by atoms with Crippen molar-refractivity contribution >= 4 is 44.1 Å². The number of carbonyl (C=O) groups excluding carboxylic acids is 1. The Hall–Kier alpha value is -2.53. The van der Waals surface area contributed by atoms with Crippen molar-refractivity contribution in [3.63, 3.8) is 0 Å². The highest BCUT2D eigenvalue weighted by molar-refractivity contribution is 9.10. The van der Waals surface area contributed by atoms with E-state index in [1.807, 2.05) is 30.3 Å². The summed E-state index contributed by atoms with van der Waals surface area (Å²) in [6, 6.07) is 17.6. The Balaban J connectivity index is 1.84. The number of rotatable bonds is 2. The van der Waals surface area contributed by atoms with E-state index in [1.54, 1.807) is 30.3 Å². The first-order valence-corrected chi connectivity index (χ1v) is 7.47. The second kappa shape index (κ2) is 6.07. The molecule has 0 aliphatic heterocycles. The molecule has 0 saturated carbocycles. The Bertz CT molecular complexity index is 849. The van der Waals surface area contributed by atoms with Gasteiger partial charge in [-0.2, -0.15) is 0 Å². The molecule has 0 unspecified atom stereocenters. The summed E-state index contributed by atoms with van der Waals surface area (Å²) in [4.78, 5) is 12.1. The average Bonchev–Trinajstić information content (AvgIpc) is 2.48. The molecule has 0 fully saturated rings. The standard InChI is InChI=1S/C17H13BrN2O2/c18-11-4-1-5-12(10-11)19-17(22)20-15-8-2-7-14-13(15)6-3-9-16(14)21/h1-10,21H,(H2,19,20,22). The third-order valence-corrected chi connectivity index (χ3v) is 3.72. The molecule has 3 rings (SSSR count). The second-order valence-electron chi connectivity index (χ2n) is 4.77. The lowest BCUT2D eigenvalue weighted by molar-refractivity contribution is 0.262. The first-order chi connectivity index (χ1) is 10.6. The summed E-state index contributed by atoms with van der Waals surface area (Å²) < 4.78 is 0.889. The largest absolute Gasteiger partial charge is 0.507 e. The zero-order valence-corrected chi connectivity index (χ0v) is 13.1. The highest BCUT2D eigenvalue weighted by atomic mass is 79.9. The van der Waals surface area contributed by atoms with E-state index in [1.165, 1.54) is 0 Å². The Kier molecular flexibility index (Phi) is 3.98. The van der Waals surface area contributed by atoms with Crippen molar-refractivity contribution in [3.8, 4) is 5.75 Å². The number of halogens is 1. The van der Waals surface area contributed by atoms with Crippen LogP contribution in [0.15, 0.2) is 65.1 Å². The number of amides is 2. The SMILES string of the molecule is O=C(Nc1cccc(Br)c1)Nc1cccc2c(O)cccc12. The van der Waals surface area contributed by atoms with Gasteiger partial charge in [0.25, 0.3) is 0 Å². The molecule has 3 N–H and O–H groups in total. The molecule has 0 atom stereocenters. The van der Waals surface area contributed by atoms with Gasteiger partial charge in [0.05, 0.1) is 5.69 Å². The quantitative estimate of drug-likeness (QED) is 0.608. The van der Waals surface area contributed by atoms with Crippen LogP contribution < -0.4 is 10.6 Å². The number of phenols is 1. The number of nitrogens with one attached hydrogen (secondary N) is 2. The smallest absolute Gasteiger partial charge is 0.323 e. The minimum Gasteiger partial charge on any atom is -0.507 e. The fraction of sp³-hybridized carbons (Fsp3) is 0. The number of hydrogen-bond acceptors (Lipinski definition) is 2. The molecule has 0 spiro atoms. The normalized spacial score (nSPS) is 10.4. The van der Waals surface area contributed by atoms with E-state index in [0.717, 1.165) is 9.86 Å². The van der Waals surface area contributed by atoms with Crippen LogP contribution in [0.4, 0.5) is 16.2 Å². The van der Waals surface area contributed by atoms with Gasteiger partial charge in [0.1, 0.15) is 5.75 Å². The zero-order chi connectivity index (χ0) is 15.5. The summed E-state index contributed by atoms with van der Waals surface area (Å²) in [5, 5.41) is 16.9. The lowest BCUT2D eigenvalue weighted by Crippen LogP contribution is -2.19. The van der Waals surface area contributed by atoms with Crippen LogP contribution in [0.5, 0.6) is 5.75 Å². The van der Waals surface area contributed by atoms with E-state index in [0.29, 0.717) is 16.8 Å². The van der Waals surface area contributed by atoms with Gasteiger partial charge in [0.15, 0.2) is 0 Å². The van der Waals surface area contributed by atoms with E-state index >= 15 is 0 Å². The van der Waals surface area contributed by atoms with Crippen molar-refractivity contribution in [2.75, 3.05) is 10.6 Å². The topological polar surface area (TPSA) is 61.4 Å². The Morgan fingerprint density at radius 3 is 2.45 bits per heavy atom. The van der Waals surface area contributed by atoms with Gasteiger partial charge in [-0.05, 0) is 30.3 Å². The number of hydrogen-bond donors (Lipinski definition) is 3. The van der Waals surface area contributed by atoms with E-state index in [9.17, 15) is 9.90 Å². The summed E-state index contributed by atoms with van der Waals surface area (Å²) in [5.74, 6) is 0.188. The molecule has 5 heteroatoms. The summed E-state index contributed by atoms with van der Waals surface area (Å²) in [7, 11) is 0. The summed E-state index contributed by atoms with van der Waals surface area (Å²) >= 11 is 3.36. The summed E-state index contributed by atoms with van der Waals surface area (Å²) in [6.07, 6.45) is 0. The van der Waals surface area contributed by atoms with Crippen LogP contribution in [0, 0.1) is 0 Å². The van der Waals surface area contributed by atoms with Crippen LogP contribution in [0.3, 0.4) is 0 Å². The van der Waals surface area contributed by atoms with Gasteiger partial charge in [0.2, 0.25) is 0 Å². The van der Waals surface area contributed by atoms with Crippen molar-refractivity contribution < 1.29 is 9.90 Å². The van der Waals surface area contributed by atoms with Crippen LogP contribution in [-0.2, 0) is 0 Å². The highest BCUT2D eigenvalue weighted by Gasteiger charge is 2.07. The molecule has 4 nitrogen and oxygen atoms in total. The van der Waals surface area contributed by atoms with E-state index in [4.69, 9.17) is 0 Å². The number of anilines is 2. The van der Waals surface area contributed by atoms with Crippen LogP contribution in [-0.4, -0.2) is 11.1 Å². The van der Waals surface area contributed by atoms with Crippen molar-refractivity contribution in [3.05, 3.63) is 65.1 Å². The first-order valence-electron chi connectivity index (χ1n) is 6.68. The van der Waals surface area contributed by atoms with Crippen LogP contribution >= 0.6 is 15.9 Å². The molecule has 0 aliphatic carbocycles. The zero-order valence-electron chi connectivity index (χ0n) is 11.5. The molecule has 0 bridgehead atoms. The first kappa shape index (κ1) is 14.4. The summed E-state index contributed by atoms with van der Waals surface area (Å²) in [5.41, 5.74) is 1.33. The number of aromatic hydroxyl groups is 1. The van der Waals surface area contributed by atoms with Gasteiger partial charge in [-0.3, -0.25) is 0 Å². The molecule has 0 saturated heterocycles. The van der Waals surface area contributed by atoms with E-state index < -0.39 is 0 Å². The van der Waals surface area contributed by atoms with Gasteiger partial charge in [0, 0.05) is 20.9 Å². The molecular formula is C17H13BrN2O2. The Morgan fingerprint density at radius 1 is 0.909 bits per heavy atom. The molecule has 110 valence electrons. The highest BCUT2D eigenvalue weighted by Crippen LogP contribution is 2.29. The van der Waals surface area contributed by atoms with Crippen LogP contribution in [0.25, 0.3) is 10.8 Å². The lowest BCUT2D eigenvalue weighted by Gasteiger charge is -2.11. The molecule has 2 amide bonds. The maximum absolute atomic E-state index is 12.1. The second-order valence-corrected chi connectivity index (χ2v) is 5.68. The molecule has 0 radical (unpaired) electrons. The number of phenolic OH excluding ortho intramolecular Hbond substituents is 1. The van der Waals surface area contributed by atoms with Gasteiger partial charge in [-0.15, -0.1) is 0 Å². The van der Waals surface area contributed by atoms with Crippen molar-refractivity contribution in [2.45, 2.75) is 0 Å². The van der Waals surface area contributed by atoms with Gasteiger partial charge >= 0.3 is 6.03 Å². The van der Waals surface area contributed by atoms with Crippen molar-refractivity contribution in [1.82, 2.24) is 0 Å². The monoisotopic (exact) mass is 356 g/mol. The van der Waals surface area contributed by atoms with Crippen molar-refractivity contribution in [1.29, 1.82) is 0 Å². The van der Waals surface area contributed by atoms with Crippen molar-refractivity contribution in [2.24, 2.45) is 0 Å². The van der Waals surface area contributed by atoms with Gasteiger partial charge in [-0.1, -0.05) is 46.3 Å². The predicted molar refractivity (Wildman–Crippen MR) is 92.4 cm³/mol. The molecule has 22 heavy (non-hydrogen) atoms. The minimum absolute atomic E-state index is 0.188. The maximum Gasteiger partial charge on any atom is 0.323 e. The third-order valence-electron chi connectivity index (χ3n) is 3.23. The van der Waals surface area contributed by atoms with Gasteiger partial charge < -0.3 is 15.7 Å². The molecule has 0 aromatic heterocycles. The number of benzene rings is 3. The lowest BCUT2D eigenvalue weighted by atomic mass is 10.1. The van der Waals surface area contributed by atoms with E-state index in [-0.39, 0.29) is 11.8 Å². The molecule has 0 heterocycles. The molecule has 3 aromatic carbocycles. The average molecular weight is 357 g/mol. The maximum atomic E-state index is 12.1. The van der Waals surface area contributed by atoms with Crippen LogP contribution in [0.2, 0.25) is 0 Å². The number of urea groups is 1. The fourth-order valence-corrected chi connectivity index (χ4v) is 2.65. The third kappa shape index (κ3) is 3.04. The predicted octanol–water partition coefficient (Wildman–Crippen LogP) is 4.95. The summed E-state index contributed by atoms with van der Waals surface area (Å²) in [6.45, 7) is 0. The van der Waals surface area contributed by atoms with E-state index in [2.05, 4.69) is 26.6 Å². The van der Waals surface area contributed by atoms with Crippen LogP contribution in [0.1, 0.15) is 0 Å². The van der Waals surface area contributed by atoms with Gasteiger partial charge in [-0.25, -0.2) is 4.79 Å². The Morgan fingerprint density at radius 2 is 1.64 bits per heavy atom. The fourth-order valence-electron chi connectivity index (χ4n) is 2.25. The number of carbonyl (C=O) groups is 1. The Labute approximate surface area is 135 Å². The minimum atomic E-state index is -0.339. The molecular weight excluding hydrogens is 344 g/mol. The molecule has 3 aromatic rings. The number of fused-ring (bicyclic) bond motifs is 1.